The Morgan fingerprint density at radius 3 is 2.54 bits per heavy atom. The number of anilines is 1. The van der Waals surface area contributed by atoms with E-state index in [1.54, 1.807) is 6.07 Å². The van der Waals surface area contributed by atoms with Crippen LogP contribution in [0.5, 0.6) is 0 Å². The predicted molar refractivity (Wildman–Crippen MR) is 93.2 cm³/mol. The van der Waals surface area contributed by atoms with Crippen LogP contribution < -0.4 is 4.90 Å². The summed E-state index contributed by atoms with van der Waals surface area (Å²) in [4.78, 5) is 25.7. The molecule has 9 heteroatoms. The summed E-state index contributed by atoms with van der Waals surface area (Å²) in [5.74, 6) is -1.41. The van der Waals surface area contributed by atoms with Crippen molar-refractivity contribution in [1.29, 1.82) is 5.26 Å². The molecule has 0 saturated carbocycles. The molecule has 0 spiro atoms. The molecular formula is C15H12ClIN2O5. The standard InChI is InChI=1S/C15H12ClIN2O5/c1-22-14(20)9-6-24-7-19(12(9)15(21)23-2)13-10(16)3-8(5-18)4-11(13)17/h3-4H,6-7H2,1-2H3. The van der Waals surface area contributed by atoms with Crippen LogP contribution in [0, 0.1) is 14.9 Å². The maximum Gasteiger partial charge on any atom is 0.355 e. The molecule has 0 aromatic heterocycles. The van der Waals surface area contributed by atoms with Crippen LogP contribution in [-0.4, -0.2) is 39.5 Å². The number of hydrogen-bond acceptors (Lipinski definition) is 7. The van der Waals surface area contributed by atoms with E-state index in [2.05, 4.69) is 0 Å². The second kappa shape index (κ2) is 7.83. The number of halogens is 2. The minimum Gasteiger partial charge on any atom is -0.466 e. The monoisotopic (exact) mass is 462 g/mol. The van der Waals surface area contributed by atoms with E-state index < -0.39 is 11.9 Å². The van der Waals surface area contributed by atoms with Crippen molar-refractivity contribution < 1.29 is 23.8 Å². The van der Waals surface area contributed by atoms with Gasteiger partial charge in [-0.2, -0.15) is 5.26 Å². The normalized spacial score (nSPS) is 14.2. The first-order chi connectivity index (χ1) is 11.4. The lowest BCUT2D eigenvalue weighted by Crippen LogP contribution is -2.39. The zero-order chi connectivity index (χ0) is 17.9. The van der Waals surface area contributed by atoms with Crippen LogP contribution in [0.2, 0.25) is 5.02 Å². The summed E-state index contributed by atoms with van der Waals surface area (Å²) < 4.78 is 15.5. The second-order valence-electron chi connectivity index (χ2n) is 4.62. The summed E-state index contributed by atoms with van der Waals surface area (Å²) in [6.45, 7) is -0.0926. The van der Waals surface area contributed by atoms with Crippen molar-refractivity contribution in [2.45, 2.75) is 0 Å². The van der Waals surface area contributed by atoms with Crippen LogP contribution >= 0.6 is 34.2 Å². The first-order valence-corrected chi connectivity index (χ1v) is 8.04. The van der Waals surface area contributed by atoms with Crippen molar-refractivity contribution in [2.75, 3.05) is 32.5 Å². The summed E-state index contributed by atoms with van der Waals surface area (Å²) in [7, 11) is 2.42. The SMILES string of the molecule is COC(=O)C1=C(C(=O)OC)N(c2c(Cl)cc(C#N)cc2I)COC1. The lowest BCUT2D eigenvalue weighted by molar-refractivity contribution is -0.140. The fraction of sp³-hybridized carbons (Fsp3) is 0.267. The van der Waals surface area contributed by atoms with Crippen LogP contribution in [-0.2, 0) is 23.8 Å². The van der Waals surface area contributed by atoms with Gasteiger partial charge < -0.3 is 19.1 Å². The van der Waals surface area contributed by atoms with Crippen molar-refractivity contribution >= 4 is 51.8 Å². The van der Waals surface area contributed by atoms with Crippen LogP contribution in [0.4, 0.5) is 5.69 Å². The number of nitrogens with zero attached hydrogens (tertiary/aromatic N) is 2. The Morgan fingerprint density at radius 1 is 1.33 bits per heavy atom. The van der Waals surface area contributed by atoms with Crippen LogP contribution in [0.25, 0.3) is 0 Å². The first kappa shape index (κ1) is 18.5. The lowest BCUT2D eigenvalue weighted by atomic mass is 10.1. The highest BCUT2D eigenvalue weighted by atomic mass is 127. The van der Waals surface area contributed by atoms with Gasteiger partial charge in [0, 0.05) is 3.57 Å². The number of benzene rings is 1. The Balaban J connectivity index is 2.66. The first-order valence-electron chi connectivity index (χ1n) is 6.58. The van der Waals surface area contributed by atoms with Crippen molar-refractivity contribution in [3.05, 3.63) is 37.6 Å². The average Bonchev–Trinajstić information content (AvgIpc) is 2.59. The summed E-state index contributed by atoms with van der Waals surface area (Å²) in [6, 6.07) is 5.09. The molecule has 0 aliphatic carbocycles. The van der Waals surface area contributed by atoms with Gasteiger partial charge in [-0.05, 0) is 34.7 Å². The summed E-state index contributed by atoms with van der Waals surface area (Å²) in [5, 5.41) is 9.26. The third-order valence-corrected chi connectivity index (χ3v) is 4.36. The van der Waals surface area contributed by atoms with Crippen LogP contribution in [0.1, 0.15) is 5.56 Å². The van der Waals surface area contributed by atoms with Gasteiger partial charge in [0.25, 0.3) is 0 Å². The van der Waals surface area contributed by atoms with E-state index in [0.717, 1.165) is 0 Å². The maximum absolute atomic E-state index is 12.2. The molecule has 0 unspecified atom stereocenters. The van der Waals surface area contributed by atoms with E-state index in [9.17, 15) is 9.59 Å². The van der Waals surface area contributed by atoms with Crippen LogP contribution in [0.3, 0.4) is 0 Å². The van der Waals surface area contributed by atoms with Crippen molar-refractivity contribution in [2.24, 2.45) is 0 Å². The van der Waals surface area contributed by atoms with Crippen molar-refractivity contribution in [3.8, 4) is 6.07 Å². The van der Waals surface area contributed by atoms with E-state index in [4.69, 9.17) is 31.1 Å². The zero-order valence-electron chi connectivity index (χ0n) is 12.8. The number of hydrogen-bond donors (Lipinski definition) is 0. The number of carbonyl (C=O) groups is 2. The van der Waals surface area contributed by atoms with Crippen LogP contribution in [0.15, 0.2) is 23.4 Å². The number of esters is 2. The second-order valence-corrected chi connectivity index (χ2v) is 6.19. The predicted octanol–water partition coefficient (Wildman–Crippen LogP) is 2.21. The molecule has 1 aromatic carbocycles. The molecule has 2 rings (SSSR count). The Morgan fingerprint density at radius 2 is 2.00 bits per heavy atom. The largest absolute Gasteiger partial charge is 0.466 e. The van der Waals surface area contributed by atoms with Gasteiger partial charge in [0.15, 0.2) is 0 Å². The zero-order valence-corrected chi connectivity index (χ0v) is 15.7. The number of rotatable bonds is 3. The fourth-order valence-corrected chi connectivity index (χ4v) is 3.61. The van der Waals surface area contributed by atoms with Gasteiger partial charge in [0.05, 0.1) is 48.7 Å². The van der Waals surface area contributed by atoms with Gasteiger partial charge in [-0.15, -0.1) is 0 Å². The highest BCUT2D eigenvalue weighted by Crippen LogP contribution is 2.37. The van der Waals surface area contributed by atoms with Crippen molar-refractivity contribution in [3.63, 3.8) is 0 Å². The molecule has 0 atom stereocenters. The third kappa shape index (κ3) is 3.48. The Kier molecular flexibility index (Phi) is 6.04. The number of nitriles is 1. The molecule has 0 radical (unpaired) electrons. The van der Waals surface area contributed by atoms with E-state index in [1.165, 1.54) is 25.2 Å². The Bertz CT molecular complexity index is 749. The number of ether oxygens (including phenoxy) is 3. The number of carbonyl (C=O) groups excluding carboxylic acids is 2. The maximum atomic E-state index is 12.2. The van der Waals surface area contributed by atoms with E-state index in [-0.39, 0.29) is 29.6 Å². The smallest absolute Gasteiger partial charge is 0.355 e. The Hall–Kier alpha value is -1.83. The molecule has 0 N–H and O–H groups in total. The van der Waals surface area contributed by atoms with E-state index in [0.29, 0.717) is 14.8 Å². The molecule has 0 fully saturated rings. The summed E-state index contributed by atoms with van der Waals surface area (Å²) >= 11 is 8.27. The molecule has 0 bridgehead atoms. The average molecular weight is 463 g/mol. The minimum atomic E-state index is -0.713. The summed E-state index contributed by atoms with van der Waals surface area (Å²) in [5.41, 5.74) is 0.854. The molecular weight excluding hydrogens is 451 g/mol. The van der Waals surface area contributed by atoms with Gasteiger partial charge in [0.2, 0.25) is 0 Å². The topological polar surface area (TPSA) is 88.9 Å². The molecule has 1 aromatic rings. The molecule has 24 heavy (non-hydrogen) atoms. The van der Waals surface area contributed by atoms with Crippen molar-refractivity contribution in [1.82, 2.24) is 0 Å². The van der Waals surface area contributed by atoms with E-state index in [1.807, 2.05) is 28.7 Å². The van der Waals surface area contributed by atoms with Gasteiger partial charge in [-0.25, -0.2) is 9.59 Å². The van der Waals surface area contributed by atoms with Gasteiger partial charge in [-0.3, -0.25) is 0 Å². The van der Waals surface area contributed by atoms with Gasteiger partial charge in [-0.1, -0.05) is 11.6 Å². The highest BCUT2D eigenvalue weighted by Gasteiger charge is 2.34. The minimum absolute atomic E-state index is 0.000114. The summed E-state index contributed by atoms with van der Waals surface area (Å²) in [6.07, 6.45) is 0. The van der Waals surface area contributed by atoms with E-state index >= 15 is 0 Å². The third-order valence-electron chi connectivity index (χ3n) is 3.25. The molecule has 0 amide bonds. The molecule has 0 saturated heterocycles. The lowest BCUT2D eigenvalue weighted by Gasteiger charge is -2.32. The Labute approximate surface area is 156 Å². The van der Waals surface area contributed by atoms with Gasteiger partial charge in [0.1, 0.15) is 12.4 Å². The number of methoxy groups -OCH3 is 2. The fourth-order valence-electron chi connectivity index (χ4n) is 2.21. The molecule has 1 heterocycles. The molecule has 126 valence electrons. The molecule has 7 nitrogen and oxygen atoms in total. The molecule has 1 aliphatic rings. The highest BCUT2D eigenvalue weighted by molar-refractivity contribution is 14.1. The quantitative estimate of drug-likeness (QED) is 0.503. The molecule has 1 aliphatic heterocycles. The van der Waals surface area contributed by atoms with Gasteiger partial charge >= 0.3 is 11.9 Å².